The number of hydrogen-bond donors (Lipinski definition) is 0. The Hall–Kier alpha value is -2.14. The van der Waals surface area contributed by atoms with E-state index < -0.39 is 0 Å². The molecule has 112 valence electrons. The van der Waals surface area contributed by atoms with Crippen LogP contribution in [-0.2, 0) is 10.8 Å². The summed E-state index contributed by atoms with van der Waals surface area (Å²) in [6.07, 6.45) is 2.98. The number of pyridine rings is 1. The molecule has 1 heterocycles. The molecule has 0 amide bonds. The summed E-state index contributed by atoms with van der Waals surface area (Å²) in [5.74, 6) is 0. The fourth-order valence-corrected chi connectivity index (χ4v) is 4.02. The molecule has 0 saturated heterocycles. The highest BCUT2D eigenvalue weighted by atomic mass is 14.7. The number of hydrogen-bond acceptors (Lipinski definition) is 2. The first-order chi connectivity index (χ1) is 10.2. The SMILES string of the molecule is Cc1cnc(-c2ccc3c(c2)C(C)(C)CC3(C)C)c(C#N)c1. The smallest absolute Gasteiger partial charge is 0.101 e. The summed E-state index contributed by atoms with van der Waals surface area (Å²) >= 11 is 0. The summed E-state index contributed by atoms with van der Waals surface area (Å²) in [5, 5.41) is 9.39. The van der Waals surface area contributed by atoms with Crippen LogP contribution in [0.4, 0.5) is 0 Å². The zero-order valence-corrected chi connectivity index (χ0v) is 14.0. The second-order valence-electron chi connectivity index (χ2n) is 7.73. The van der Waals surface area contributed by atoms with Gasteiger partial charge in [0, 0.05) is 11.8 Å². The molecule has 0 N–H and O–H groups in total. The van der Waals surface area contributed by atoms with Crippen LogP contribution in [0.2, 0.25) is 0 Å². The van der Waals surface area contributed by atoms with Crippen LogP contribution in [0.3, 0.4) is 0 Å². The largest absolute Gasteiger partial charge is 0.255 e. The number of rotatable bonds is 1. The van der Waals surface area contributed by atoms with Crippen LogP contribution in [0.1, 0.15) is 56.4 Å². The molecule has 0 aliphatic heterocycles. The van der Waals surface area contributed by atoms with Crippen molar-refractivity contribution in [1.82, 2.24) is 4.98 Å². The average molecular weight is 290 g/mol. The summed E-state index contributed by atoms with van der Waals surface area (Å²) in [6, 6.07) is 10.8. The molecule has 1 aliphatic carbocycles. The lowest BCUT2D eigenvalue weighted by Gasteiger charge is -2.22. The van der Waals surface area contributed by atoms with E-state index in [-0.39, 0.29) is 10.8 Å². The first-order valence-corrected chi connectivity index (χ1v) is 7.77. The van der Waals surface area contributed by atoms with Gasteiger partial charge < -0.3 is 0 Å². The molecular formula is C20H22N2. The van der Waals surface area contributed by atoms with E-state index in [2.05, 4.69) is 56.9 Å². The van der Waals surface area contributed by atoms with Crippen LogP contribution in [0.5, 0.6) is 0 Å². The van der Waals surface area contributed by atoms with Gasteiger partial charge in [-0.25, -0.2) is 0 Å². The Morgan fingerprint density at radius 2 is 1.73 bits per heavy atom. The molecule has 0 bridgehead atoms. The molecule has 2 heteroatoms. The molecule has 0 saturated carbocycles. The third-order valence-electron chi connectivity index (χ3n) is 4.78. The van der Waals surface area contributed by atoms with Gasteiger partial charge in [0.2, 0.25) is 0 Å². The summed E-state index contributed by atoms with van der Waals surface area (Å²) in [7, 11) is 0. The van der Waals surface area contributed by atoms with Gasteiger partial charge in [0.1, 0.15) is 6.07 Å². The number of fused-ring (bicyclic) bond motifs is 1. The van der Waals surface area contributed by atoms with Crippen molar-refractivity contribution >= 4 is 0 Å². The Morgan fingerprint density at radius 1 is 1.05 bits per heavy atom. The molecule has 0 atom stereocenters. The average Bonchev–Trinajstić information content (AvgIpc) is 2.63. The van der Waals surface area contributed by atoms with Crippen molar-refractivity contribution in [2.75, 3.05) is 0 Å². The maximum Gasteiger partial charge on any atom is 0.101 e. The predicted molar refractivity (Wildman–Crippen MR) is 89.8 cm³/mol. The standard InChI is InChI=1S/C20H22N2/c1-13-8-15(10-21)18(22-11-13)14-6-7-16-17(9-14)20(4,5)12-19(16,2)3/h6-9,11H,12H2,1-5H3. The monoisotopic (exact) mass is 290 g/mol. The molecule has 1 aromatic heterocycles. The molecule has 0 radical (unpaired) electrons. The van der Waals surface area contributed by atoms with Gasteiger partial charge in [-0.15, -0.1) is 0 Å². The summed E-state index contributed by atoms with van der Waals surface area (Å²) in [5.41, 5.74) is 6.67. The van der Waals surface area contributed by atoms with Crippen molar-refractivity contribution in [2.45, 2.75) is 51.9 Å². The van der Waals surface area contributed by atoms with E-state index in [0.717, 1.165) is 23.2 Å². The van der Waals surface area contributed by atoms with Gasteiger partial charge in [0.25, 0.3) is 0 Å². The summed E-state index contributed by atoms with van der Waals surface area (Å²) in [6.45, 7) is 11.2. The van der Waals surface area contributed by atoms with Gasteiger partial charge in [-0.05, 0) is 53.0 Å². The summed E-state index contributed by atoms with van der Waals surface area (Å²) in [4.78, 5) is 4.51. The van der Waals surface area contributed by atoms with Crippen molar-refractivity contribution in [3.63, 3.8) is 0 Å². The lowest BCUT2D eigenvalue weighted by atomic mass is 9.82. The molecule has 2 nitrogen and oxygen atoms in total. The van der Waals surface area contributed by atoms with E-state index >= 15 is 0 Å². The highest BCUT2D eigenvalue weighted by Crippen LogP contribution is 2.50. The van der Waals surface area contributed by atoms with Gasteiger partial charge >= 0.3 is 0 Å². The fourth-order valence-electron chi connectivity index (χ4n) is 4.02. The molecular weight excluding hydrogens is 268 g/mol. The van der Waals surface area contributed by atoms with Crippen molar-refractivity contribution in [3.8, 4) is 17.3 Å². The van der Waals surface area contributed by atoms with Crippen molar-refractivity contribution in [3.05, 3.63) is 52.7 Å². The molecule has 22 heavy (non-hydrogen) atoms. The molecule has 1 aliphatic rings. The van der Waals surface area contributed by atoms with E-state index in [1.807, 2.05) is 19.2 Å². The van der Waals surface area contributed by atoms with E-state index in [9.17, 15) is 5.26 Å². The van der Waals surface area contributed by atoms with Crippen molar-refractivity contribution in [1.29, 1.82) is 5.26 Å². The highest BCUT2D eigenvalue weighted by Gasteiger charge is 2.41. The van der Waals surface area contributed by atoms with Gasteiger partial charge in [-0.2, -0.15) is 5.26 Å². The van der Waals surface area contributed by atoms with E-state index in [0.29, 0.717) is 5.56 Å². The van der Waals surface area contributed by atoms with E-state index in [1.165, 1.54) is 11.1 Å². The second kappa shape index (κ2) is 4.68. The molecule has 0 spiro atoms. The number of aromatic nitrogens is 1. The van der Waals surface area contributed by atoms with Crippen molar-refractivity contribution in [2.24, 2.45) is 0 Å². The molecule has 0 unspecified atom stereocenters. The van der Waals surface area contributed by atoms with Gasteiger partial charge in [0.15, 0.2) is 0 Å². The third kappa shape index (κ3) is 2.22. The summed E-state index contributed by atoms with van der Waals surface area (Å²) < 4.78 is 0. The van der Waals surface area contributed by atoms with Crippen LogP contribution in [-0.4, -0.2) is 4.98 Å². The quantitative estimate of drug-likeness (QED) is 0.750. The number of aryl methyl sites for hydroxylation is 1. The van der Waals surface area contributed by atoms with Crippen LogP contribution >= 0.6 is 0 Å². The Labute approximate surface area is 132 Å². The molecule has 2 aromatic rings. The highest BCUT2D eigenvalue weighted by molar-refractivity contribution is 5.69. The maximum absolute atomic E-state index is 9.39. The molecule has 3 rings (SSSR count). The van der Waals surface area contributed by atoms with Crippen molar-refractivity contribution < 1.29 is 0 Å². The zero-order valence-electron chi connectivity index (χ0n) is 14.0. The van der Waals surface area contributed by atoms with Crippen LogP contribution < -0.4 is 0 Å². The predicted octanol–water partition coefficient (Wildman–Crippen LogP) is 4.89. The van der Waals surface area contributed by atoms with Gasteiger partial charge in [-0.3, -0.25) is 4.98 Å². The first-order valence-electron chi connectivity index (χ1n) is 7.77. The zero-order chi connectivity index (χ0) is 16.1. The van der Waals surface area contributed by atoms with E-state index in [4.69, 9.17) is 0 Å². The Kier molecular flexibility index (Phi) is 3.14. The maximum atomic E-state index is 9.39. The van der Waals surface area contributed by atoms with Crippen LogP contribution in [0.25, 0.3) is 11.3 Å². The molecule has 0 fully saturated rings. The second-order valence-corrected chi connectivity index (χ2v) is 7.73. The minimum atomic E-state index is 0.159. The Morgan fingerprint density at radius 3 is 2.41 bits per heavy atom. The Balaban J connectivity index is 2.19. The number of benzene rings is 1. The fraction of sp³-hybridized carbons (Fsp3) is 0.400. The minimum absolute atomic E-state index is 0.159. The first kappa shape index (κ1) is 14.8. The topological polar surface area (TPSA) is 36.7 Å². The lowest BCUT2D eigenvalue weighted by Crippen LogP contribution is -2.17. The van der Waals surface area contributed by atoms with Crippen LogP contribution in [0.15, 0.2) is 30.5 Å². The normalized spacial score (nSPS) is 17.8. The van der Waals surface area contributed by atoms with Gasteiger partial charge in [-0.1, -0.05) is 39.8 Å². The number of nitriles is 1. The van der Waals surface area contributed by atoms with Crippen LogP contribution in [0, 0.1) is 18.3 Å². The molecule has 1 aromatic carbocycles. The number of nitrogens with zero attached hydrogens (tertiary/aromatic N) is 2. The Bertz CT molecular complexity index is 792. The lowest BCUT2D eigenvalue weighted by molar-refractivity contribution is 0.403. The minimum Gasteiger partial charge on any atom is -0.255 e. The van der Waals surface area contributed by atoms with E-state index in [1.54, 1.807) is 0 Å². The van der Waals surface area contributed by atoms with Gasteiger partial charge in [0.05, 0.1) is 11.3 Å². The third-order valence-corrected chi connectivity index (χ3v) is 4.78.